The summed E-state index contributed by atoms with van der Waals surface area (Å²) < 4.78 is 27.9. The van der Waals surface area contributed by atoms with E-state index in [9.17, 15) is 19.4 Å². The first-order chi connectivity index (χ1) is 10.2. The van der Waals surface area contributed by atoms with Gasteiger partial charge >= 0.3 is 13.3 Å². The van der Waals surface area contributed by atoms with E-state index in [1.165, 1.54) is 19.4 Å². The molecule has 1 aliphatic rings. The second-order valence-electron chi connectivity index (χ2n) is 4.93. The molecule has 124 valence electrons. The van der Waals surface area contributed by atoms with E-state index in [0.717, 1.165) is 11.2 Å². The molecule has 0 saturated carbocycles. The van der Waals surface area contributed by atoms with Crippen LogP contribution in [0.4, 0.5) is 5.82 Å². The smallest absolute Gasteiger partial charge is 0.351 e. The topological polar surface area (TPSA) is 146 Å². The van der Waals surface area contributed by atoms with Crippen LogP contribution in [0.15, 0.2) is 17.1 Å². The van der Waals surface area contributed by atoms with Gasteiger partial charge in [-0.25, -0.2) is 4.79 Å². The standard InChI is InChI=1S/C11H18N3O7P/c1-19-5-6-9(21-22(2,17)18)8(15)10(20-6)14-4-3-7(12)13-11(14)16/h3-4,6,8-10,15H,5H2,1-2H3,(H,17,18)(H2,12,13,16)/t6-,8+,9?,10-/m1/s1. The van der Waals surface area contributed by atoms with Crippen LogP contribution in [0.5, 0.6) is 0 Å². The van der Waals surface area contributed by atoms with Crippen LogP contribution in [0, 0.1) is 0 Å². The number of aliphatic hydroxyl groups excluding tert-OH is 1. The molecule has 1 aliphatic heterocycles. The molecule has 1 fully saturated rings. The average molecular weight is 335 g/mol. The van der Waals surface area contributed by atoms with Gasteiger partial charge in [-0.2, -0.15) is 4.98 Å². The summed E-state index contributed by atoms with van der Waals surface area (Å²) in [4.78, 5) is 24.7. The maximum absolute atomic E-state index is 11.8. The fourth-order valence-corrected chi connectivity index (χ4v) is 2.94. The highest BCUT2D eigenvalue weighted by Gasteiger charge is 2.47. The quantitative estimate of drug-likeness (QED) is 0.572. The van der Waals surface area contributed by atoms with Crippen molar-refractivity contribution in [3.8, 4) is 0 Å². The van der Waals surface area contributed by atoms with Gasteiger partial charge < -0.3 is 25.2 Å². The van der Waals surface area contributed by atoms with Crippen LogP contribution in [0.2, 0.25) is 0 Å². The lowest BCUT2D eigenvalue weighted by Gasteiger charge is -2.21. The fourth-order valence-electron chi connectivity index (χ4n) is 2.22. The molecule has 4 N–H and O–H groups in total. The summed E-state index contributed by atoms with van der Waals surface area (Å²) in [5, 5.41) is 10.3. The minimum atomic E-state index is -3.87. The molecule has 0 aromatic carbocycles. The number of ether oxygens (including phenoxy) is 2. The number of nitrogen functional groups attached to an aromatic ring is 1. The third-order valence-corrected chi connectivity index (χ3v) is 3.72. The lowest BCUT2D eigenvalue weighted by molar-refractivity contribution is -0.0606. The van der Waals surface area contributed by atoms with E-state index in [0.29, 0.717) is 0 Å². The van der Waals surface area contributed by atoms with Crippen LogP contribution in [0.25, 0.3) is 0 Å². The number of nitrogens with zero attached hydrogens (tertiary/aromatic N) is 2. The molecular formula is C11H18N3O7P. The summed E-state index contributed by atoms with van der Waals surface area (Å²) in [6.45, 7) is 1.00. The Kier molecular flexibility index (Phi) is 5.00. The zero-order valence-electron chi connectivity index (χ0n) is 12.0. The highest BCUT2D eigenvalue weighted by atomic mass is 31.2. The van der Waals surface area contributed by atoms with E-state index in [2.05, 4.69) is 4.98 Å². The summed E-state index contributed by atoms with van der Waals surface area (Å²) >= 11 is 0. The third-order valence-electron chi connectivity index (χ3n) is 3.08. The number of rotatable bonds is 5. The first-order valence-corrected chi connectivity index (χ1v) is 8.41. The van der Waals surface area contributed by atoms with Crippen LogP contribution in [-0.4, -0.2) is 58.2 Å². The first kappa shape index (κ1) is 17.1. The van der Waals surface area contributed by atoms with E-state index in [-0.39, 0.29) is 12.4 Å². The first-order valence-electron chi connectivity index (χ1n) is 6.38. The van der Waals surface area contributed by atoms with Crippen molar-refractivity contribution in [3.05, 3.63) is 22.7 Å². The predicted octanol–water partition coefficient (Wildman–Crippen LogP) is -1.07. The molecule has 2 heterocycles. The average Bonchev–Trinajstić information content (AvgIpc) is 2.67. The number of anilines is 1. The van der Waals surface area contributed by atoms with Crippen molar-refractivity contribution >= 4 is 13.4 Å². The minimum Gasteiger partial charge on any atom is -0.386 e. The minimum absolute atomic E-state index is 0.00930. The summed E-state index contributed by atoms with van der Waals surface area (Å²) in [6, 6.07) is 1.37. The van der Waals surface area contributed by atoms with Gasteiger partial charge in [-0.1, -0.05) is 0 Å². The Bertz CT molecular complexity index is 630. The molecule has 0 radical (unpaired) electrons. The third kappa shape index (κ3) is 3.72. The van der Waals surface area contributed by atoms with Gasteiger partial charge in [-0.15, -0.1) is 0 Å². The Hall–Kier alpha value is -1.29. The van der Waals surface area contributed by atoms with E-state index < -0.39 is 37.8 Å². The molecular weight excluding hydrogens is 317 g/mol. The highest BCUT2D eigenvalue weighted by Crippen LogP contribution is 2.44. The second kappa shape index (κ2) is 6.45. The largest absolute Gasteiger partial charge is 0.386 e. The summed E-state index contributed by atoms with van der Waals surface area (Å²) in [5.74, 6) is 0.0309. The van der Waals surface area contributed by atoms with Crippen molar-refractivity contribution in [2.75, 3.05) is 26.1 Å². The molecule has 11 heteroatoms. The predicted molar refractivity (Wildman–Crippen MR) is 75.3 cm³/mol. The molecule has 10 nitrogen and oxygen atoms in total. The van der Waals surface area contributed by atoms with Gasteiger partial charge in [0.25, 0.3) is 0 Å². The zero-order valence-corrected chi connectivity index (χ0v) is 12.9. The second-order valence-corrected chi connectivity index (χ2v) is 6.74. The van der Waals surface area contributed by atoms with Gasteiger partial charge in [0.1, 0.15) is 24.1 Å². The molecule has 1 aromatic heterocycles. The van der Waals surface area contributed by atoms with Crippen LogP contribution in [-0.2, 0) is 18.6 Å². The monoisotopic (exact) mass is 335 g/mol. The van der Waals surface area contributed by atoms with Crippen molar-refractivity contribution in [1.29, 1.82) is 0 Å². The molecule has 0 spiro atoms. The van der Waals surface area contributed by atoms with E-state index in [4.69, 9.17) is 19.7 Å². The number of hydrogen-bond donors (Lipinski definition) is 3. The van der Waals surface area contributed by atoms with Gasteiger partial charge in [0.15, 0.2) is 6.23 Å². The highest BCUT2D eigenvalue weighted by molar-refractivity contribution is 7.51. The molecule has 0 amide bonds. The number of methoxy groups -OCH3 is 1. The van der Waals surface area contributed by atoms with E-state index >= 15 is 0 Å². The van der Waals surface area contributed by atoms with Crippen LogP contribution >= 0.6 is 7.60 Å². The Morgan fingerprint density at radius 1 is 1.59 bits per heavy atom. The maximum atomic E-state index is 11.8. The molecule has 1 saturated heterocycles. The lowest BCUT2D eigenvalue weighted by Crippen LogP contribution is -2.37. The van der Waals surface area contributed by atoms with E-state index in [1.807, 2.05) is 0 Å². The normalized spacial score (nSPS) is 31.1. The van der Waals surface area contributed by atoms with E-state index in [1.54, 1.807) is 0 Å². The Morgan fingerprint density at radius 3 is 2.82 bits per heavy atom. The van der Waals surface area contributed by atoms with Crippen molar-refractivity contribution in [2.45, 2.75) is 24.5 Å². The van der Waals surface area contributed by atoms with Gasteiger partial charge in [-0.05, 0) is 6.07 Å². The van der Waals surface area contributed by atoms with Gasteiger partial charge in [0.05, 0.1) is 6.61 Å². The molecule has 1 aromatic rings. The van der Waals surface area contributed by atoms with Crippen LogP contribution in [0.1, 0.15) is 6.23 Å². The van der Waals surface area contributed by atoms with Crippen molar-refractivity contribution in [2.24, 2.45) is 0 Å². The molecule has 2 rings (SSSR count). The molecule has 0 bridgehead atoms. The van der Waals surface area contributed by atoms with Gasteiger partial charge in [0, 0.05) is 20.0 Å². The Morgan fingerprint density at radius 2 is 2.27 bits per heavy atom. The summed E-state index contributed by atoms with van der Waals surface area (Å²) in [5.41, 5.74) is 4.69. The van der Waals surface area contributed by atoms with Crippen molar-refractivity contribution in [3.63, 3.8) is 0 Å². The Labute approximate surface area is 126 Å². The van der Waals surface area contributed by atoms with Crippen LogP contribution in [0.3, 0.4) is 0 Å². The van der Waals surface area contributed by atoms with Crippen molar-refractivity contribution in [1.82, 2.24) is 9.55 Å². The number of hydrogen-bond acceptors (Lipinski definition) is 8. The lowest BCUT2D eigenvalue weighted by atomic mass is 10.1. The number of nitrogens with two attached hydrogens (primary N) is 1. The molecule has 0 aliphatic carbocycles. The van der Waals surface area contributed by atoms with Crippen molar-refractivity contribution < 1.29 is 28.6 Å². The van der Waals surface area contributed by atoms with Gasteiger partial charge in [-0.3, -0.25) is 13.7 Å². The molecule has 2 unspecified atom stereocenters. The van der Waals surface area contributed by atoms with Crippen LogP contribution < -0.4 is 11.4 Å². The number of aromatic nitrogens is 2. The molecule has 5 atom stereocenters. The zero-order chi connectivity index (χ0) is 16.5. The summed E-state index contributed by atoms with van der Waals surface area (Å²) in [7, 11) is -2.47. The summed E-state index contributed by atoms with van der Waals surface area (Å²) in [6.07, 6.45) is -3.12. The SMILES string of the molecule is COC[C@H]1O[C@@H](n2ccc(N)nc2=O)[C@@H](O)C1OP(C)(=O)O. The molecule has 22 heavy (non-hydrogen) atoms. The number of aliphatic hydroxyl groups is 1. The fraction of sp³-hybridized carbons (Fsp3) is 0.636. The van der Waals surface area contributed by atoms with Gasteiger partial charge in [0.2, 0.25) is 0 Å². The maximum Gasteiger partial charge on any atom is 0.351 e. The Balaban J connectivity index is 2.30.